The molecule has 0 radical (unpaired) electrons. The van der Waals surface area contributed by atoms with E-state index in [2.05, 4.69) is 12.6 Å². The fraction of sp³-hybridized carbons (Fsp3) is 0.909. The van der Waals surface area contributed by atoms with Crippen molar-refractivity contribution in [3.63, 3.8) is 0 Å². The first-order valence-electron chi connectivity index (χ1n) is 6.05. The van der Waals surface area contributed by atoms with E-state index in [4.69, 9.17) is 0 Å². The molecule has 1 amide bonds. The second kappa shape index (κ2) is 5.79. The van der Waals surface area contributed by atoms with Crippen molar-refractivity contribution < 1.29 is 13.2 Å². The first-order chi connectivity index (χ1) is 8.16. The van der Waals surface area contributed by atoms with Gasteiger partial charge in [-0.1, -0.05) is 0 Å². The molecular weight excluding hydrogens is 272 g/mol. The molecule has 0 aromatic carbocycles. The van der Waals surface area contributed by atoms with Gasteiger partial charge in [0.2, 0.25) is 15.9 Å². The quantitative estimate of drug-likeness (QED) is 0.772. The summed E-state index contributed by atoms with van der Waals surface area (Å²) in [6, 6.07) is -0.255. The summed E-state index contributed by atoms with van der Waals surface area (Å²) in [5, 5.41) is -0.452. The van der Waals surface area contributed by atoms with Crippen LogP contribution >= 0.6 is 12.6 Å². The van der Waals surface area contributed by atoms with Crippen LogP contribution in [0.4, 0.5) is 0 Å². The van der Waals surface area contributed by atoms with Gasteiger partial charge in [0.25, 0.3) is 0 Å². The Morgan fingerprint density at radius 1 is 1.44 bits per heavy atom. The van der Waals surface area contributed by atoms with E-state index >= 15 is 0 Å². The number of hydrogen-bond donors (Lipinski definition) is 1. The van der Waals surface area contributed by atoms with Crippen molar-refractivity contribution in [2.24, 2.45) is 0 Å². The highest BCUT2D eigenvalue weighted by atomic mass is 32.2. The van der Waals surface area contributed by atoms with Gasteiger partial charge in [0, 0.05) is 38.4 Å². The van der Waals surface area contributed by atoms with Gasteiger partial charge in [0.1, 0.15) is 0 Å². The molecule has 0 N–H and O–H groups in total. The molecule has 0 aromatic rings. The van der Waals surface area contributed by atoms with E-state index in [1.165, 1.54) is 9.21 Å². The summed E-state index contributed by atoms with van der Waals surface area (Å²) in [7, 11) is 0.0383. The number of amides is 1. The predicted molar refractivity (Wildman–Crippen MR) is 75.3 cm³/mol. The SMILES string of the molecule is CC(C)S(=O)(=O)N1CC(S)CC1CC(=O)N(C)C. The monoisotopic (exact) mass is 294 g/mol. The fourth-order valence-electron chi connectivity index (χ4n) is 2.01. The van der Waals surface area contributed by atoms with Crippen molar-refractivity contribution >= 4 is 28.6 Å². The van der Waals surface area contributed by atoms with Gasteiger partial charge in [-0.15, -0.1) is 0 Å². The maximum Gasteiger partial charge on any atom is 0.223 e. The number of carbonyl (C=O) groups excluding carboxylic acids is 1. The van der Waals surface area contributed by atoms with E-state index in [0.717, 1.165) is 0 Å². The van der Waals surface area contributed by atoms with Crippen LogP contribution in [0.2, 0.25) is 0 Å². The summed E-state index contributed by atoms with van der Waals surface area (Å²) in [5.74, 6) is -0.0496. The molecule has 1 aliphatic rings. The van der Waals surface area contributed by atoms with Crippen molar-refractivity contribution in [2.45, 2.75) is 43.2 Å². The van der Waals surface area contributed by atoms with Crippen molar-refractivity contribution in [1.29, 1.82) is 0 Å². The largest absolute Gasteiger partial charge is 0.349 e. The second-order valence-corrected chi connectivity index (χ2v) is 8.37. The molecular formula is C11H22N2O3S2. The number of carbonyl (C=O) groups is 1. The summed E-state index contributed by atoms with van der Waals surface area (Å²) in [6.07, 6.45) is 0.866. The number of nitrogens with zero attached hydrogens (tertiary/aromatic N) is 2. The van der Waals surface area contributed by atoms with Crippen molar-refractivity contribution in [3.05, 3.63) is 0 Å². The molecule has 0 aliphatic carbocycles. The Kier molecular flexibility index (Phi) is 5.08. The van der Waals surface area contributed by atoms with Crippen molar-refractivity contribution in [3.8, 4) is 0 Å². The zero-order chi connectivity index (χ0) is 14.1. The molecule has 1 aliphatic heterocycles. The highest BCUT2D eigenvalue weighted by Crippen LogP contribution is 2.29. The number of hydrogen-bond acceptors (Lipinski definition) is 4. The van der Waals surface area contributed by atoms with Gasteiger partial charge in [-0.3, -0.25) is 4.79 Å². The molecule has 5 nitrogen and oxygen atoms in total. The molecule has 2 unspecified atom stereocenters. The van der Waals surface area contributed by atoms with Crippen LogP contribution in [0.1, 0.15) is 26.7 Å². The summed E-state index contributed by atoms with van der Waals surface area (Å²) in [6.45, 7) is 3.72. The average molecular weight is 294 g/mol. The Balaban J connectivity index is 2.87. The second-order valence-electron chi connectivity index (χ2n) is 5.20. The maximum absolute atomic E-state index is 12.2. The average Bonchev–Trinajstić information content (AvgIpc) is 2.59. The molecule has 0 bridgehead atoms. The smallest absolute Gasteiger partial charge is 0.223 e. The third-order valence-electron chi connectivity index (χ3n) is 3.17. The van der Waals surface area contributed by atoms with Crippen molar-refractivity contribution in [1.82, 2.24) is 9.21 Å². The lowest BCUT2D eigenvalue weighted by molar-refractivity contribution is -0.129. The molecule has 18 heavy (non-hydrogen) atoms. The number of thiol groups is 1. The van der Waals surface area contributed by atoms with Crippen LogP contribution in [-0.4, -0.2) is 60.7 Å². The highest BCUT2D eigenvalue weighted by molar-refractivity contribution is 7.89. The Hall–Kier alpha value is -0.270. The molecule has 0 aromatic heterocycles. The standard InChI is InChI=1S/C11H22N2O3S2/c1-8(2)18(15,16)13-7-10(17)5-9(13)6-11(14)12(3)4/h8-10,17H,5-7H2,1-4H3. The van der Waals surface area contributed by atoms with Gasteiger partial charge in [-0.25, -0.2) is 8.42 Å². The van der Waals surface area contributed by atoms with E-state index in [1.807, 2.05) is 0 Å². The van der Waals surface area contributed by atoms with E-state index in [-0.39, 0.29) is 23.6 Å². The summed E-state index contributed by atoms with van der Waals surface area (Å²) in [5.41, 5.74) is 0. The summed E-state index contributed by atoms with van der Waals surface area (Å²) < 4.78 is 25.9. The fourth-order valence-corrected chi connectivity index (χ4v) is 4.05. The Labute approximate surface area is 115 Å². The third-order valence-corrected chi connectivity index (χ3v) is 5.84. The first-order valence-corrected chi connectivity index (χ1v) is 8.07. The van der Waals surface area contributed by atoms with Crippen LogP contribution in [-0.2, 0) is 14.8 Å². The van der Waals surface area contributed by atoms with Crippen LogP contribution in [0, 0.1) is 0 Å². The lowest BCUT2D eigenvalue weighted by Crippen LogP contribution is -2.42. The Morgan fingerprint density at radius 2 is 2.00 bits per heavy atom. The molecule has 1 rings (SSSR count). The maximum atomic E-state index is 12.2. The van der Waals surface area contributed by atoms with Gasteiger partial charge in [0.15, 0.2) is 0 Å². The van der Waals surface area contributed by atoms with Gasteiger partial charge < -0.3 is 4.90 Å². The lowest BCUT2D eigenvalue weighted by Gasteiger charge is -2.26. The van der Waals surface area contributed by atoms with E-state index in [9.17, 15) is 13.2 Å². The van der Waals surface area contributed by atoms with Crippen molar-refractivity contribution in [2.75, 3.05) is 20.6 Å². The van der Waals surface area contributed by atoms with Gasteiger partial charge in [-0.2, -0.15) is 16.9 Å². The van der Waals surface area contributed by atoms with Crippen LogP contribution in [0.25, 0.3) is 0 Å². The zero-order valence-electron chi connectivity index (χ0n) is 11.3. The highest BCUT2D eigenvalue weighted by Gasteiger charge is 2.40. The minimum absolute atomic E-state index is 0.0125. The Morgan fingerprint density at radius 3 is 2.44 bits per heavy atom. The minimum atomic E-state index is -3.32. The molecule has 1 fully saturated rings. The van der Waals surface area contributed by atoms with Crippen LogP contribution in [0.15, 0.2) is 0 Å². The number of rotatable bonds is 4. The first kappa shape index (κ1) is 15.8. The Bertz CT molecular complexity index is 407. The predicted octanol–water partition coefficient (Wildman–Crippen LogP) is 0.576. The van der Waals surface area contributed by atoms with Gasteiger partial charge in [0.05, 0.1) is 5.25 Å². The molecule has 2 atom stereocenters. The summed E-state index contributed by atoms with van der Waals surface area (Å²) >= 11 is 4.35. The zero-order valence-corrected chi connectivity index (χ0v) is 13.0. The van der Waals surface area contributed by atoms with Crippen LogP contribution in [0.5, 0.6) is 0 Å². The van der Waals surface area contributed by atoms with E-state index in [0.29, 0.717) is 13.0 Å². The molecule has 0 saturated carbocycles. The van der Waals surface area contributed by atoms with Crippen LogP contribution < -0.4 is 0 Å². The van der Waals surface area contributed by atoms with Gasteiger partial charge >= 0.3 is 0 Å². The third kappa shape index (κ3) is 3.39. The van der Waals surface area contributed by atoms with Crippen LogP contribution in [0.3, 0.4) is 0 Å². The molecule has 0 spiro atoms. The topological polar surface area (TPSA) is 57.7 Å². The molecule has 7 heteroatoms. The summed E-state index contributed by atoms with van der Waals surface area (Å²) in [4.78, 5) is 13.2. The van der Waals surface area contributed by atoms with E-state index in [1.54, 1.807) is 27.9 Å². The lowest BCUT2D eigenvalue weighted by atomic mass is 10.1. The minimum Gasteiger partial charge on any atom is -0.349 e. The number of sulfonamides is 1. The van der Waals surface area contributed by atoms with Gasteiger partial charge in [-0.05, 0) is 20.3 Å². The molecule has 1 heterocycles. The molecule has 106 valence electrons. The van der Waals surface area contributed by atoms with E-state index < -0.39 is 15.3 Å². The molecule has 1 saturated heterocycles. The normalized spacial score (nSPS) is 25.7.